The molecule has 3 aromatic rings. The second-order valence-electron chi connectivity index (χ2n) is 4.63. The number of aryl methyl sites for hydroxylation is 2. The van der Waals surface area contributed by atoms with Gasteiger partial charge in [-0.05, 0) is 18.2 Å². The van der Waals surface area contributed by atoms with Crippen molar-refractivity contribution in [2.24, 2.45) is 14.1 Å². The van der Waals surface area contributed by atoms with E-state index in [2.05, 4.69) is 4.98 Å². The highest BCUT2D eigenvalue weighted by atomic mass is 32.2. The number of rotatable bonds is 2. The van der Waals surface area contributed by atoms with E-state index in [1.807, 2.05) is 35.9 Å². The van der Waals surface area contributed by atoms with Gasteiger partial charge in [0, 0.05) is 20.3 Å². The van der Waals surface area contributed by atoms with E-state index >= 15 is 0 Å². The summed E-state index contributed by atoms with van der Waals surface area (Å²) in [4.78, 5) is 4.37. The quantitative estimate of drug-likeness (QED) is 0.731. The van der Waals surface area contributed by atoms with Gasteiger partial charge in [-0.2, -0.15) is 8.42 Å². The van der Waals surface area contributed by atoms with Crippen molar-refractivity contribution < 1.29 is 13.0 Å². The summed E-state index contributed by atoms with van der Waals surface area (Å²) >= 11 is 0. The summed E-state index contributed by atoms with van der Waals surface area (Å²) in [6.07, 6.45) is 1.37. The molecule has 0 atom stereocenters. The molecule has 0 amide bonds. The van der Waals surface area contributed by atoms with Crippen LogP contribution in [0.5, 0.6) is 0 Å². The van der Waals surface area contributed by atoms with Crippen LogP contribution in [-0.2, 0) is 24.2 Å². The Bertz CT molecular complexity index is 906. The molecule has 7 heteroatoms. The number of hydrogen-bond acceptors (Lipinski definition) is 3. The summed E-state index contributed by atoms with van der Waals surface area (Å²) in [5.41, 5.74) is 2.41. The Morgan fingerprint density at radius 2 is 1.90 bits per heavy atom. The molecule has 0 bridgehead atoms. The van der Waals surface area contributed by atoms with Gasteiger partial charge >= 0.3 is 0 Å². The first-order valence-corrected chi connectivity index (χ1v) is 7.37. The third-order valence-electron chi connectivity index (χ3n) is 3.29. The van der Waals surface area contributed by atoms with Gasteiger partial charge in [0.1, 0.15) is 4.90 Å². The zero-order valence-corrected chi connectivity index (χ0v) is 11.8. The molecule has 1 aromatic carbocycles. The number of imidazole rings is 1. The van der Waals surface area contributed by atoms with Crippen LogP contribution in [0.15, 0.2) is 41.4 Å². The maximum atomic E-state index is 11.2. The molecule has 2 aromatic heterocycles. The van der Waals surface area contributed by atoms with Crippen molar-refractivity contribution in [1.29, 1.82) is 0 Å². The number of fused-ring (bicyclic) bond motifs is 1. The molecular weight excluding hydrogens is 278 g/mol. The summed E-state index contributed by atoms with van der Waals surface area (Å²) in [5, 5.41) is 0. The third kappa shape index (κ3) is 1.91. The van der Waals surface area contributed by atoms with Crippen LogP contribution in [0.3, 0.4) is 0 Å². The van der Waals surface area contributed by atoms with Crippen molar-refractivity contribution in [2.75, 3.05) is 0 Å². The Morgan fingerprint density at radius 3 is 2.50 bits per heavy atom. The topological polar surface area (TPSA) is 77.1 Å². The van der Waals surface area contributed by atoms with Crippen LogP contribution in [0.4, 0.5) is 0 Å². The Balaban J connectivity index is 2.26. The van der Waals surface area contributed by atoms with Crippen LogP contribution in [0.25, 0.3) is 22.6 Å². The van der Waals surface area contributed by atoms with E-state index in [9.17, 15) is 8.42 Å². The Hall–Kier alpha value is -2.12. The molecule has 20 heavy (non-hydrogen) atoms. The lowest BCUT2D eigenvalue weighted by atomic mass is 10.3. The number of benzene rings is 1. The third-order valence-corrected chi connectivity index (χ3v) is 4.11. The average molecular weight is 291 g/mol. The van der Waals surface area contributed by atoms with Crippen LogP contribution in [0.1, 0.15) is 0 Å². The molecule has 2 heterocycles. The maximum absolute atomic E-state index is 11.2. The molecule has 0 fully saturated rings. The summed E-state index contributed by atoms with van der Waals surface area (Å²) in [5.74, 6) is 0.642. The van der Waals surface area contributed by atoms with Gasteiger partial charge in [-0.3, -0.25) is 4.55 Å². The van der Waals surface area contributed by atoms with Gasteiger partial charge in [-0.25, -0.2) is 4.98 Å². The fourth-order valence-electron chi connectivity index (χ4n) is 2.27. The number of nitrogens with zero attached hydrogens (tertiary/aromatic N) is 3. The maximum Gasteiger partial charge on any atom is 0.296 e. The second kappa shape index (κ2) is 4.19. The fourth-order valence-corrected chi connectivity index (χ4v) is 2.82. The number of para-hydroxylation sites is 2. The summed E-state index contributed by atoms with van der Waals surface area (Å²) in [6, 6.07) is 9.07. The van der Waals surface area contributed by atoms with E-state index in [-0.39, 0.29) is 4.90 Å². The minimum absolute atomic E-state index is 0.137. The normalized spacial score (nSPS) is 12.2. The van der Waals surface area contributed by atoms with E-state index in [0.29, 0.717) is 11.5 Å². The molecule has 0 aliphatic rings. The van der Waals surface area contributed by atoms with Gasteiger partial charge in [0.15, 0.2) is 5.82 Å². The smallest absolute Gasteiger partial charge is 0.296 e. The van der Waals surface area contributed by atoms with Crippen LogP contribution in [0.2, 0.25) is 0 Å². The van der Waals surface area contributed by atoms with E-state index in [1.54, 1.807) is 11.6 Å². The van der Waals surface area contributed by atoms with Crippen molar-refractivity contribution in [1.82, 2.24) is 14.1 Å². The molecule has 0 radical (unpaired) electrons. The van der Waals surface area contributed by atoms with Crippen molar-refractivity contribution >= 4 is 21.2 Å². The minimum Gasteiger partial charge on any atom is -0.347 e. The predicted octanol–water partition coefficient (Wildman–Crippen LogP) is 1.83. The van der Waals surface area contributed by atoms with Gasteiger partial charge in [0.05, 0.1) is 16.7 Å². The molecule has 0 unspecified atom stereocenters. The van der Waals surface area contributed by atoms with Gasteiger partial charge in [-0.15, -0.1) is 0 Å². The molecule has 6 nitrogen and oxygen atoms in total. The van der Waals surface area contributed by atoms with Crippen molar-refractivity contribution in [2.45, 2.75) is 4.90 Å². The highest BCUT2D eigenvalue weighted by Crippen LogP contribution is 2.26. The number of aromatic nitrogens is 3. The largest absolute Gasteiger partial charge is 0.347 e. The Morgan fingerprint density at radius 1 is 1.20 bits per heavy atom. The SMILES string of the molecule is Cn1cc(S(=O)(=O)O)cc1-c1nc2ccccc2n1C. The molecule has 0 saturated heterocycles. The van der Waals surface area contributed by atoms with E-state index < -0.39 is 10.1 Å². The molecule has 1 N–H and O–H groups in total. The molecule has 0 aliphatic heterocycles. The van der Waals surface area contributed by atoms with E-state index in [4.69, 9.17) is 4.55 Å². The Kier molecular flexibility index (Phi) is 2.70. The molecule has 3 rings (SSSR count). The molecular formula is C13H13N3O3S. The molecule has 0 saturated carbocycles. The zero-order valence-electron chi connectivity index (χ0n) is 11.0. The van der Waals surface area contributed by atoms with E-state index in [0.717, 1.165) is 11.0 Å². The van der Waals surface area contributed by atoms with Crippen LogP contribution in [0, 0.1) is 0 Å². The van der Waals surface area contributed by atoms with E-state index in [1.165, 1.54) is 12.3 Å². The fraction of sp³-hybridized carbons (Fsp3) is 0.154. The Labute approximate surface area is 116 Å². The van der Waals surface area contributed by atoms with Crippen LogP contribution < -0.4 is 0 Å². The van der Waals surface area contributed by atoms with Gasteiger partial charge in [-0.1, -0.05) is 12.1 Å². The second-order valence-corrected chi connectivity index (χ2v) is 6.05. The highest BCUT2D eigenvalue weighted by Gasteiger charge is 2.18. The molecule has 0 spiro atoms. The first-order valence-electron chi connectivity index (χ1n) is 5.93. The lowest BCUT2D eigenvalue weighted by Crippen LogP contribution is -1.97. The van der Waals surface area contributed by atoms with Gasteiger partial charge < -0.3 is 9.13 Å². The summed E-state index contributed by atoms with van der Waals surface area (Å²) < 4.78 is 35.0. The van der Waals surface area contributed by atoms with Gasteiger partial charge in [0.25, 0.3) is 10.1 Å². The lowest BCUT2D eigenvalue weighted by Gasteiger charge is -2.03. The first-order chi connectivity index (χ1) is 9.38. The van der Waals surface area contributed by atoms with Crippen LogP contribution >= 0.6 is 0 Å². The standard InChI is InChI=1S/C13H13N3O3S/c1-15-8-9(20(17,18)19)7-12(15)13-14-10-5-3-4-6-11(10)16(13)2/h3-8H,1-2H3,(H,17,18,19). The zero-order chi connectivity index (χ0) is 14.5. The summed E-state index contributed by atoms with van der Waals surface area (Å²) in [7, 11) is -0.636. The van der Waals surface area contributed by atoms with Crippen molar-refractivity contribution in [3.8, 4) is 11.5 Å². The summed E-state index contributed by atoms with van der Waals surface area (Å²) in [6.45, 7) is 0. The van der Waals surface area contributed by atoms with Crippen molar-refractivity contribution in [3.63, 3.8) is 0 Å². The van der Waals surface area contributed by atoms with Crippen LogP contribution in [-0.4, -0.2) is 27.1 Å². The molecule has 0 aliphatic carbocycles. The predicted molar refractivity (Wildman–Crippen MR) is 74.9 cm³/mol. The monoisotopic (exact) mass is 291 g/mol. The minimum atomic E-state index is -4.21. The highest BCUT2D eigenvalue weighted by molar-refractivity contribution is 7.85. The van der Waals surface area contributed by atoms with Gasteiger partial charge in [0.2, 0.25) is 0 Å². The van der Waals surface area contributed by atoms with Crippen molar-refractivity contribution in [3.05, 3.63) is 36.5 Å². The molecule has 104 valence electrons. The average Bonchev–Trinajstić information content (AvgIpc) is 2.91. The lowest BCUT2D eigenvalue weighted by molar-refractivity contribution is 0.483. The number of hydrogen-bond donors (Lipinski definition) is 1. The first kappa shape index (κ1) is 12.9.